The minimum atomic E-state index is -0.934. The number of anilines is 1. The number of rotatable bonds is 2. The van der Waals surface area contributed by atoms with Gasteiger partial charge >= 0.3 is 5.97 Å². The highest BCUT2D eigenvalue weighted by molar-refractivity contribution is 9.10. The molecule has 1 aliphatic rings. The lowest BCUT2D eigenvalue weighted by Crippen LogP contribution is -2.48. The summed E-state index contributed by atoms with van der Waals surface area (Å²) in [5.74, 6) is -0.871. The van der Waals surface area contributed by atoms with Crippen LogP contribution < -0.4 is 4.90 Å². The van der Waals surface area contributed by atoms with Crippen LogP contribution in [0.1, 0.15) is 17.3 Å². The van der Waals surface area contributed by atoms with Crippen molar-refractivity contribution in [2.75, 3.05) is 31.1 Å². The van der Waals surface area contributed by atoms with E-state index in [2.05, 4.69) is 15.9 Å². The van der Waals surface area contributed by atoms with Gasteiger partial charge in [0.1, 0.15) is 0 Å². The van der Waals surface area contributed by atoms with E-state index in [0.717, 1.165) is 4.47 Å². The predicted molar refractivity (Wildman–Crippen MR) is 75.6 cm³/mol. The smallest absolute Gasteiger partial charge is 0.337 e. The molecule has 2 rings (SSSR count). The third-order valence-corrected chi connectivity index (χ3v) is 3.75. The molecule has 6 heteroatoms. The monoisotopic (exact) mass is 326 g/mol. The van der Waals surface area contributed by atoms with E-state index >= 15 is 0 Å². The molecule has 1 saturated heterocycles. The van der Waals surface area contributed by atoms with Gasteiger partial charge in [-0.05, 0) is 18.2 Å². The molecule has 1 amide bonds. The van der Waals surface area contributed by atoms with Gasteiger partial charge in [0.05, 0.1) is 11.3 Å². The van der Waals surface area contributed by atoms with Crippen molar-refractivity contribution in [3.8, 4) is 0 Å². The number of carbonyl (C=O) groups excluding carboxylic acids is 1. The van der Waals surface area contributed by atoms with Gasteiger partial charge in [-0.1, -0.05) is 15.9 Å². The van der Waals surface area contributed by atoms with Crippen LogP contribution in [0, 0.1) is 0 Å². The van der Waals surface area contributed by atoms with Gasteiger partial charge in [0.15, 0.2) is 0 Å². The quantitative estimate of drug-likeness (QED) is 0.900. The van der Waals surface area contributed by atoms with Gasteiger partial charge in [-0.2, -0.15) is 0 Å². The lowest BCUT2D eigenvalue weighted by molar-refractivity contribution is -0.129. The van der Waals surface area contributed by atoms with Gasteiger partial charge in [0.25, 0.3) is 0 Å². The summed E-state index contributed by atoms with van der Waals surface area (Å²) in [5, 5.41) is 9.22. The number of carboxylic acids is 1. The van der Waals surface area contributed by atoms with Crippen LogP contribution in [0.2, 0.25) is 0 Å². The van der Waals surface area contributed by atoms with Crippen molar-refractivity contribution in [3.63, 3.8) is 0 Å². The number of hydrogen-bond donors (Lipinski definition) is 1. The van der Waals surface area contributed by atoms with Crippen molar-refractivity contribution in [2.24, 2.45) is 0 Å². The van der Waals surface area contributed by atoms with Gasteiger partial charge in [0, 0.05) is 37.6 Å². The van der Waals surface area contributed by atoms with Crippen LogP contribution in [0.4, 0.5) is 5.69 Å². The van der Waals surface area contributed by atoms with E-state index < -0.39 is 5.97 Å². The van der Waals surface area contributed by atoms with Gasteiger partial charge in [-0.25, -0.2) is 4.79 Å². The maximum Gasteiger partial charge on any atom is 0.337 e. The fourth-order valence-electron chi connectivity index (χ4n) is 2.21. The highest BCUT2D eigenvalue weighted by Crippen LogP contribution is 2.26. The number of aromatic carboxylic acids is 1. The molecule has 5 nitrogen and oxygen atoms in total. The first-order chi connectivity index (χ1) is 8.99. The average molecular weight is 327 g/mol. The first-order valence-electron chi connectivity index (χ1n) is 6.02. The molecule has 0 atom stereocenters. The molecule has 0 unspecified atom stereocenters. The Kier molecular flexibility index (Phi) is 4.09. The standard InChI is InChI=1S/C13H15BrN2O3/c1-9(17)15-4-6-16(7-5-15)12-8-10(14)2-3-11(12)13(18)19/h2-3,8H,4-7H2,1H3,(H,18,19). The second-order valence-corrected chi connectivity index (χ2v) is 5.38. The molecule has 0 radical (unpaired) electrons. The Morgan fingerprint density at radius 2 is 1.84 bits per heavy atom. The lowest BCUT2D eigenvalue weighted by atomic mass is 10.1. The lowest BCUT2D eigenvalue weighted by Gasteiger charge is -2.36. The SMILES string of the molecule is CC(=O)N1CCN(c2cc(Br)ccc2C(=O)O)CC1. The second-order valence-electron chi connectivity index (χ2n) is 4.46. The molecule has 1 N–H and O–H groups in total. The molecule has 1 aromatic rings. The zero-order chi connectivity index (χ0) is 14.0. The first-order valence-corrected chi connectivity index (χ1v) is 6.81. The van der Waals surface area contributed by atoms with Gasteiger partial charge in [-0.15, -0.1) is 0 Å². The van der Waals surface area contributed by atoms with E-state index in [4.69, 9.17) is 0 Å². The van der Waals surface area contributed by atoms with Crippen molar-refractivity contribution in [1.29, 1.82) is 0 Å². The molecule has 0 aromatic heterocycles. The molecule has 0 spiro atoms. The molecule has 0 saturated carbocycles. The Labute approximate surface area is 119 Å². The van der Waals surface area contributed by atoms with Crippen molar-refractivity contribution in [1.82, 2.24) is 4.90 Å². The number of carbonyl (C=O) groups is 2. The molecule has 102 valence electrons. The number of nitrogens with zero attached hydrogens (tertiary/aromatic N) is 2. The summed E-state index contributed by atoms with van der Waals surface area (Å²) in [4.78, 5) is 26.3. The molecule has 1 aromatic carbocycles. The maximum atomic E-state index is 11.3. The van der Waals surface area contributed by atoms with Gasteiger partial charge in [0.2, 0.25) is 5.91 Å². The molecule has 1 heterocycles. The molecular weight excluding hydrogens is 312 g/mol. The molecule has 1 aliphatic heterocycles. The third-order valence-electron chi connectivity index (χ3n) is 3.26. The van der Waals surface area contributed by atoms with Crippen LogP contribution in [-0.2, 0) is 4.79 Å². The molecule has 19 heavy (non-hydrogen) atoms. The Morgan fingerprint density at radius 3 is 2.37 bits per heavy atom. The van der Waals surface area contributed by atoms with Crippen LogP contribution in [-0.4, -0.2) is 48.1 Å². The van der Waals surface area contributed by atoms with Crippen molar-refractivity contribution in [3.05, 3.63) is 28.2 Å². The second kappa shape index (κ2) is 5.61. The van der Waals surface area contributed by atoms with Crippen LogP contribution in [0.15, 0.2) is 22.7 Å². The Morgan fingerprint density at radius 1 is 1.21 bits per heavy atom. The highest BCUT2D eigenvalue weighted by Gasteiger charge is 2.22. The summed E-state index contributed by atoms with van der Waals surface area (Å²) in [5.41, 5.74) is 0.990. The predicted octanol–water partition coefficient (Wildman–Crippen LogP) is 1.82. The van der Waals surface area contributed by atoms with Crippen LogP contribution >= 0.6 is 15.9 Å². The van der Waals surface area contributed by atoms with E-state index in [1.54, 1.807) is 24.0 Å². The fourth-order valence-corrected chi connectivity index (χ4v) is 2.56. The van der Waals surface area contributed by atoms with Crippen molar-refractivity contribution < 1.29 is 14.7 Å². The zero-order valence-electron chi connectivity index (χ0n) is 10.6. The van der Waals surface area contributed by atoms with Crippen molar-refractivity contribution in [2.45, 2.75) is 6.92 Å². The van der Waals surface area contributed by atoms with Crippen LogP contribution in [0.5, 0.6) is 0 Å². The Bertz CT molecular complexity index is 511. The maximum absolute atomic E-state index is 11.3. The zero-order valence-corrected chi connectivity index (χ0v) is 12.2. The Balaban J connectivity index is 2.21. The number of carboxylic acid groups (broad SMARTS) is 1. The van der Waals surface area contributed by atoms with E-state index in [0.29, 0.717) is 37.4 Å². The average Bonchev–Trinajstić information content (AvgIpc) is 2.38. The van der Waals surface area contributed by atoms with E-state index in [9.17, 15) is 14.7 Å². The molecule has 0 bridgehead atoms. The van der Waals surface area contributed by atoms with E-state index in [1.165, 1.54) is 0 Å². The fraction of sp³-hybridized carbons (Fsp3) is 0.385. The summed E-state index contributed by atoms with van der Waals surface area (Å²) in [7, 11) is 0. The Hall–Kier alpha value is -1.56. The van der Waals surface area contributed by atoms with Crippen LogP contribution in [0.3, 0.4) is 0 Å². The minimum absolute atomic E-state index is 0.0624. The number of piperazine rings is 1. The molecular formula is C13H15BrN2O3. The summed E-state index contributed by atoms with van der Waals surface area (Å²) in [6, 6.07) is 5.13. The summed E-state index contributed by atoms with van der Waals surface area (Å²) >= 11 is 3.36. The topological polar surface area (TPSA) is 60.9 Å². The van der Waals surface area contributed by atoms with Crippen molar-refractivity contribution >= 4 is 33.5 Å². The van der Waals surface area contributed by atoms with Crippen LogP contribution in [0.25, 0.3) is 0 Å². The summed E-state index contributed by atoms with van der Waals surface area (Å²) < 4.78 is 0.849. The largest absolute Gasteiger partial charge is 0.478 e. The van der Waals surface area contributed by atoms with E-state index in [-0.39, 0.29) is 5.91 Å². The minimum Gasteiger partial charge on any atom is -0.478 e. The summed E-state index contributed by atoms with van der Waals surface area (Å²) in [6.45, 7) is 4.10. The van der Waals surface area contributed by atoms with E-state index in [1.807, 2.05) is 11.0 Å². The third kappa shape index (κ3) is 3.07. The number of benzene rings is 1. The first kappa shape index (κ1) is 13.9. The highest BCUT2D eigenvalue weighted by atomic mass is 79.9. The summed E-state index contributed by atoms with van der Waals surface area (Å²) in [6.07, 6.45) is 0. The molecule has 0 aliphatic carbocycles. The number of hydrogen-bond acceptors (Lipinski definition) is 3. The molecule has 1 fully saturated rings. The van der Waals surface area contributed by atoms with Gasteiger partial charge < -0.3 is 14.9 Å². The van der Waals surface area contributed by atoms with Gasteiger partial charge in [-0.3, -0.25) is 4.79 Å². The normalized spacial score (nSPS) is 15.5. The number of halogens is 1. The number of amides is 1.